The molecule has 208 valence electrons. The lowest BCUT2D eigenvalue weighted by Crippen LogP contribution is -2.20. The molecule has 1 aliphatic heterocycles. The quantitative estimate of drug-likeness (QED) is 0.144. The van der Waals surface area contributed by atoms with Gasteiger partial charge in [-0.25, -0.2) is 15.0 Å². The van der Waals surface area contributed by atoms with Gasteiger partial charge < -0.3 is 9.64 Å². The van der Waals surface area contributed by atoms with Crippen LogP contribution in [0.25, 0.3) is 65.2 Å². The standard InChI is InChI=1S/C34H22N4OS4/c1-34(2)23(28(37-4)29(39-34)24(17-35)36-3)14-11-20-15-26-30(40-20)21-12-13-22-31-27(43-33(22)32(21)42-26)16-25(41-31)18-7-9-19(10-8-18)38(5)6/h7-16H,1-2,5-6H3/b14-11+,29-24+. The number of allylic oxidation sites excluding steroid dienone is 1. The SMILES string of the molecule is [C-]#[N+]C1=C(/C=C/c2cc3sc4c(ccc5c6sc(-c7ccc(N(C)C)cc7)cc6sc54)c3s2)C(C)(C)O/C1=C(\C#N)[N+]#[C-]. The summed E-state index contributed by atoms with van der Waals surface area (Å²) in [5.41, 5.74) is 2.34. The van der Waals surface area contributed by atoms with Gasteiger partial charge in [-0.05, 0) is 49.8 Å². The molecule has 0 saturated carbocycles. The molecule has 0 N–H and O–H groups in total. The van der Waals surface area contributed by atoms with Gasteiger partial charge in [-0.15, -0.1) is 45.3 Å². The van der Waals surface area contributed by atoms with E-state index >= 15 is 0 Å². The molecule has 0 spiro atoms. The average molecular weight is 631 g/mol. The van der Waals surface area contributed by atoms with Crippen molar-refractivity contribution in [1.29, 1.82) is 5.26 Å². The Bertz CT molecular complexity index is 2330. The molecule has 0 unspecified atom stereocenters. The van der Waals surface area contributed by atoms with Gasteiger partial charge in [-0.1, -0.05) is 30.3 Å². The molecule has 0 atom stereocenters. The van der Waals surface area contributed by atoms with Crippen LogP contribution in [-0.4, -0.2) is 19.7 Å². The Labute approximate surface area is 264 Å². The van der Waals surface area contributed by atoms with Gasteiger partial charge in [0.25, 0.3) is 5.70 Å². The summed E-state index contributed by atoms with van der Waals surface area (Å²) in [7, 11) is 4.12. The van der Waals surface area contributed by atoms with Gasteiger partial charge in [0, 0.05) is 55.3 Å². The number of hydrogen-bond donors (Lipinski definition) is 0. The van der Waals surface area contributed by atoms with Crippen molar-refractivity contribution in [1.82, 2.24) is 0 Å². The van der Waals surface area contributed by atoms with E-state index < -0.39 is 5.60 Å². The van der Waals surface area contributed by atoms with Crippen molar-refractivity contribution in [2.45, 2.75) is 19.4 Å². The summed E-state index contributed by atoms with van der Waals surface area (Å²) in [6, 6.07) is 19.7. The van der Waals surface area contributed by atoms with Gasteiger partial charge in [-0.2, -0.15) is 0 Å². The molecule has 4 aromatic heterocycles. The fourth-order valence-electron chi connectivity index (χ4n) is 5.39. The lowest BCUT2D eigenvalue weighted by molar-refractivity contribution is 0.0952. The molecule has 5 heterocycles. The lowest BCUT2D eigenvalue weighted by Gasteiger charge is -2.21. The van der Waals surface area contributed by atoms with Gasteiger partial charge in [-0.3, -0.25) is 0 Å². The summed E-state index contributed by atoms with van der Waals surface area (Å²) in [6.45, 7) is 18.7. The van der Waals surface area contributed by atoms with Crippen LogP contribution in [0.3, 0.4) is 0 Å². The highest BCUT2D eigenvalue weighted by Gasteiger charge is 2.38. The first-order valence-corrected chi connectivity index (χ1v) is 16.6. The lowest BCUT2D eigenvalue weighted by atomic mass is 9.97. The number of fused-ring (bicyclic) bond motifs is 7. The molecule has 5 nitrogen and oxygen atoms in total. The zero-order valence-electron chi connectivity index (χ0n) is 23.6. The van der Waals surface area contributed by atoms with Crippen molar-refractivity contribution in [2.75, 3.05) is 19.0 Å². The number of benzene rings is 2. The van der Waals surface area contributed by atoms with Gasteiger partial charge in [0.15, 0.2) is 0 Å². The minimum absolute atomic E-state index is 0.0736. The van der Waals surface area contributed by atoms with Crippen LogP contribution in [0.1, 0.15) is 18.7 Å². The van der Waals surface area contributed by atoms with E-state index in [4.69, 9.17) is 17.9 Å². The minimum Gasteiger partial charge on any atom is -0.505 e. The van der Waals surface area contributed by atoms with Gasteiger partial charge in [0.1, 0.15) is 11.4 Å². The first kappa shape index (κ1) is 27.4. The first-order chi connectivity index (χ1) is 20.7. The predicted octanol–water partition coefficient (Wildman–Crippen LogP) is 10.9. The van der Waals surface area contributed by atoms with E-state index in [1.165, 1.54) is 55.1 Å². The molecule has 0 radical (unpaired) electrons. The second kappa shape index (κ2) is 10.1. The number of nitriles is 1. The van der Waals surface area contributed by atoms with Crippen LogP contribution in [0, 0.1) is 24.5 Å². The van der Waals surface area contributed by atoms with Gasteiger partial charge in [0.05, 0.1) is 38.0 Å². The number of anilines is 1. The van der Waals surface area contributed by atoms with Gasteiger partial charge >= 0.3 is 0 Å². The molecule has 6 aromatic rings. The maximum absolute atomic E-state index is 9.34. The summed E-state index contributed by atoms with van der Waals surface area (Å²) in [6.07, 6.45) is 3.90. The second-order valence-electron chi connectivity index (χ2n) is 10.8. The number of rotatable bonds is 4. The number of thiophene rings is 4. The Kier molecular flexibility index (Phi) is 6.43. The Balaban J connectivity index is 1.25. The van der Waals surface area contributed by atoms with E-state index in [9.17, 15) is 5.26 Å². The minimum atomic E-state index is -0.812. The number of ether oxygens (including phenoxy) is 1. The molecular formula is C34H22N4OS4. The largest absolute Gasteiger partial charge is 0.505 e. The summed E-state index contributed by atoms with van der Waals surface area (Å²) in [5, 5.41) is 11.9. The zero-order chi connectivity index (χ0) is 30.0. The van der Waals surface area contributed by atoms with E-state index in [1.807, 2.05) is 66.1 Å². The van der Waals surface area contributed by atoms with Gasteiger partial charge in [0.2, 0.25) is 5.70 Å². The highest BCUT2D eigenvalue weighted by atomic mass is 32.1. The molecule has 43 heavy (non-hydrogen) atoms. The molecule has 1 aliphatic rings. The molecule has 0 amide bonds. The van der Waals surface area contributed by atoms with Crippen LogP contribution < -0.4 is 4.90 Å². The van der Waals surface area contributed by atoms with Crippen molar-refractivity contribution in [3.05, 3.63) is 105 Å². The Morgan fingerprint density at radius 3 is 2.14 bits per heavy atom. The molecule has 2 aromatic carbocycles. The van der Waals surface area contributed by atoms with E-state index in [1.54, 1.807) is 11.3 Å². The fraction of sp³-hybridized carbons (Fsp3) is 0.147. The highest BCUT2D eigenvalue weighted by Crippen LogP contribution is 2.50. The van der Waals surface area contributed by atoms with E-state index in [0.29, 0.717) is 5.57 Å². The first-order valence-electron chi connectivity index (χ1n) is 13.3. The third-order valence-electron chi connectivity index (χ3n) is 7.54. The van der Waals surface area contributed by atoms with Crippen molar-refractivity contribution < 1.29 is 4.74 Å². The molecule has 0 saturated heterocycles. The van der Waals surface area contributed by atoms with Crippen LogP contribution in [0.5, 0.6) is 0 Å². The highest BCUT2D eigenvalue weighted by molar-refractivity contribution is 7.39. The molecule has 0 bridgehead atoms. The number of nitrogens with zero attached hydrogens (tertiary/aromatic N) is 4. The molecule has 0 fully saturated rings. The third kappa shape index (κ3) is 4.35. The summed E-state index contributed by atoms with van der Waals surface area (Å²) < 4.78 is 13.8. The van der Waals surface area contributed by atoms with Crippen molar-refractivity contribution >= 4 is 96.1 Å². The second-order valence-corrected chi connectivity index (χ2v) is 15.1. The zero-order valence-corrected chi connectivity index (χ0v) is 26.9. The average Bonchev–Trinajstić information content (AvgIpc) is 3.77. The summed E-state index contributed by atoms with van der Waals surface area (Å²) >= 11 is 7.32. The van der Waals surface area contributed by atoms with Crippen molar-refractivity contribution in [2.24, 2.45) is 0 Å². The maximum atomic E-state index is 9.34. The summed E-state index contributed by atoms with van der Waals surface area (Å²) in [4.78, 5) is 11.4. The van der Waals surface area contributed by atoms with E-state index in [2.05, 4.69) is 77.2 Å². The molecule has 0 aliphatic carbocycles. The van der Waals surface area contributed by atoms with Crippen LogP contribution in [0.15, 0.2) is 77.3 Å². The number of hydrogen-bond acceptors (Lipinski definition) is 7. The monoisotopic (exact) mass is 630 g/mol. The molecule has 9 heteroatoms. The summed E-state index contributed by atoms with van der Waals surface area (Å²) in [5.74, 6) is 0.0736. The van der Waals surface area contributed by atoms with Crippen molar-refractivity contribution in [3.63, 3.8) is 0 Å². The van der Waals surface area contributed by atoms with Crippen LogP contribution >= 0.6 is 45.3 Å². The van der Waals surface area contributed by atoms with Crippen LogP contribution in [0.4, 0.5) is 5.69 Å². The molecule has 7 rings (SSSR count). The third-order valence-corrected chi connectivity index (χ3v) is 12.6. The predicted molar refractivity (Wildman–Crippen MR) is 185 cm³/mol. The Hall–Kier alpha value is -4.43. The Morgan fingerprint density at radius 1 is 0.884 bits per heavy atom. The van der Waals surface area contributed by atoms with Crippen LogP contribution in [-0.2, 0) is 4.74 Å². The van der Waals surface area contributed by atoms with E-state index in [-0.39, 0.29) is 17.2 Å². The topological polar surface area (TPSA) is 45.0 Å². The fourth-order valence-corrected chi connectivity index (χ4v) is 10.7. The van der Waals surface area contributed by atoms with Crippen molar-refractivity contribution in [3.8, 4) is 16.5 Å². The Morgan fingerprint density at radius 2 is 1.53 bits per heavy atom. The van der Waals surface area contributed by atoms with E-state index in [0.717, 1.165) is 4.88 Å². The molecular weight excluding hydrogens is 609 g/mol. The van der Waals surface area contributed by atoms with Crippen LogP contribution in [0.2, 0.25) is 0 Å². The maximum Gasteiger partial charge on any atom is 0.292 e. The smallest absolute Gasteiger partial charge is 0.292 e. The normalized spacial score (nSPS) is 15.8.